The highest BCUT2D eigenvalue weighted by Gasteiger charge is 2.19. The van der Waals surface area contributed by atoms with Crippen molar-refractivity contribution in [1.29, 1.82) is 0 Å². The van der Waals surface area contributed by atoms with Crippen LogP contribution in [0.4, 0.5) is 0 Å². The summed E-state index contributed by atoms with van der Waals surface area (Å²) in [5, 5.41) is 0. The molecule has 0 aliphatic carbocycles. The zero-order chi connectivity index (χ0) is 53.6. The van der Waals surface area contributed by atoms with Crippen molar-refractivity contribution >= 4 is 17.9 Å². The topological polar surface area (TPSA) is 78.9 Å². The molecule has 0 aliphatic rings. The molecule has 1 atom stereocenters. The van der Waals surface area contributed by atoms with E-state index in [9.17, 15) is 14.4 Å². The third kappa shape index (κ3) is 59.5. The van der Waals surface area contributed by atoms with Crippen LogP contribution >= 0.6 is 0 Å². The minimum absolute atomic E-state index is 0.0835. The smallest absolute Gasteiger partial charge is 0.306 e. The molecule has 6 nitrogen and oxygen atoms in total. The van der Waals surface area contributed by atoms with E-state index < -0.39 is 6.10 Å². The van der Waals surface area contributed by atoms with Crippen LogP contribution in [0.1, 0.15) is 310 Å². The normalized spacial score (nSPS) is 12.6. The van der Waals surface area contributed by atoms with E-state index in [-0.39, 0.29) is 31.1 Å². The van der Waals surface area contributed by atoms with Gasteiger partial charge in [0.05, 0.1) is 0 Å². The number of rotatable bonds is 57. The van der Waals surface area contributed by atoms with Crippen LogP contribution < -0.4 is 0 Å². The Morgan fingerprint density at radius 2 is 0.527 bits per heavy atom. The van der Waals surface area contributed by atoms with E-state index in [4.69, 9.17) is 14.2 Å². The highest BCUT2D eigenvalue weighted by molar-refractivity contribution is 5.71. The molecule has 0 fully saturated rings. The maximum absolute atomic E-state index is 12.9. The zero-order valence-corrected chi connectivity index (χ0v) is 48.8. The van der Waals surface area contributed by atoms with E-state index >= 15 is 0 Å². The monoisotopic (exact) mass is 1030 g/mol. The van der Waals surface area contributed by atoms with Crippen LogP contribution in [0, 0.1) is 0 Å². The van der Waals surface area contributed by atoms with Crippen molar-refractivity contribution < 1.29 is 28.6 Å². The van der Waals surface area contributed by atoms with Gasteiger partial charge in [0.2, 0.25) is 0 Å². The number of carbonyl (C=O) groups is 3. The standard InChI is InChI=1S/C68H118O6/c1-4-7-10-13-16-19-22-24-26-28-30-32-33-34-35-37-38-40-42-44-46-49-52-55-58-61-67(70)73-64-65(63-72-66(69)60-57-54-51-48-21-18-15-12-9-6-3)74-68(71)62-59-56-53-50-47-45-43-41-39-36-31-29-27-25-23-20-17-14-11-8-5-2/h7,10,16,19,24,26,30,32,34-35,38,40,44,46,65H,4-6,8-9,11-15,17-18,20-23,25,27-29,31,33,36-37,39,41-43,45,47-64H2,1-3H3/b10-7-,19-16-,26-24-,32-30-,35-34-,40-38-,46-44-. The fourth-order valence-electron chi connectivity index (χ4n) is 8.95. The van der Waals surface area contributed by atoms with Gasteiger partial charge in [-0.05, 0) is 77.0 Å². The van der Waals surface area contributed by atoms with Crippen LogP contribution in [-0.4, -0.2) is 37.2 Å². The van der Waals surface area contributed by atoms with Gasteiger partial charge >= 0.3 is 17.9 Å². The number of hydrogen-bond donors (Lipinski definition) is 0. The summed E-state index contributed by atoms with van der Waals surface area (Å²) in [6.45, 7) is 6.52. The lowest BCUT2D eigenvalue weighted by Crippen LogP contribution is -2.30. The molecule has 0 radical (unpaired) electrons. The van der Waals surface area contributed by atoms with Crippen molar-refractivity contribution in [3.8, 4) is 0 Å². The summed E-state index contributed by atoms with van der Waals surface area (Å²) in [5.74, 6) is -0.906. The SMILES string of the molecule is CC/C=C\C/C=C\C/C=C\C/C=C\C/C=C\C/C=C\C/C=C\CCCCCC(=O)OCC(COC(=O)CCCCCCCCCCCC)OC(=O)CCCCCCCCCCCCCCCCCCCCCCC. The second kappa shape index (κ2) is 62.1. The summed E-state index contributed by atoms with van der Waals surface area (Å²) < 4.78 is 16.9. The molecule has 74 heavy (non-hydrogen) atoms. The molecule has 0 aliphatic heterocycles. The van der Waals surface area contributed by atoms with Crippen molar-refractivity contribution in [1.82, 2.24) is 0 Å². The van der Waals surface area contributed by atoms with Gasteiger partial charge in [-0.3, -0.25) is 14.4 Å². The van der Waals surface area contributed by atoms with Gasteiger partial charge in [-0.15, -0.1) is 0 Å². The molecule has 0 aromatic rings. The fraction of sp³-hybridized carbons (Fsp3) is 0.750. The molecule has 0 amide bonds. The average Bonchev–Trinajstić information content (AvgIpc) is 3.40. The number of ether oxygens (including phenoxy) is 3. The Morgan fingerprint density at radius 3 is 0.824 bits per heavy atom. The van der Waals surface area contributed by atoms with Gasteiger partial charge in [-0.25, -0.2) is 0 Å². The van der Waals surface area contributed by atoms with E-state index in [1.807, 2.05) is 0 Å². The van der Waals surface area contributed by atoms with Gasteiger partial charge in [0, 0.05) is 19.3 Å². The highest BCUT2D eigenvalue weighted by atomic mass is 16.6. The average molecular weight is 1030 g/mol. The second-order valence-electron chi connectivity index (χ2n) is 21.0. The first-order valence-corrected chi connectivity index (χ1v) is 31.6. The maximum Gasteiger partial charge on any atom is 0.306 e. The first-order valence-electron chi connectivity index (χ1n) is 31.6. The van der Waals surface area contributed by atoms with Crippen LogP contribution in [0.15, 0.2) is 85.1 Å². The highest BCUT2D eigenvalue weighted by Crippen LogP contribution is 2.17. The van der Waals surface area contributed by atoms with Gasteiger partial charge in [0.15, 0.2) is 6.10 Å². The number of unbranched alkanes of at least 4 members (excludes halogenated alkanes) is 32. The molecule has 0 aromatic heterocycles. The minimum Gasteiger partial charge on any atom is -0.462 e. The molecular formula is C68H118O6. The van der Waals surface area contributed by atoms with Crippen LogP contribution in [-0.2, 0) is 28.6 Å². The second-order valence-corrected chi connectivity index (χ2v) is 21.0. The summed E-state index contributed by atoms with van der Waals surface area (Å²) in [5.41, 5.74) is 0. The lowest BCUT2D eigenvalue weighted by Gasteiger charge is -2.18. The van der Waals surface area contributed by atoms with Crippen molar-refractivity contribution in [2.45, 2.75) is 316 Å². The molecule has 0 N–H and O–H groups in total. The summed E-state index contributed by atoms with van der Waals surface area (Å²) >= 11 is 0. The van der Waals surface area contributed by atoms with Gasteiger partial charge in [0.25, 0.3) is 0 Å². The molecule has 0 saturated heterocycles. The lowest BCUT2D eigenvalue weighted by atomic mass is 10.0. The maximum atomic E-state index is 12.9. The van der Waals surface area contributed by atoms with E-state index in [1.54, 1.807) is 0 Å². The zero-order valence-electron chi connectivity index (χ0n) is 48.8. The number of hydrogen-bond acceptors (Lipinski definition) is 6. The van der Waals surface area contributed by atoms with E-state index in [0.29, 0.717) is 19.3 Å². The molecule has 0 aromatic carbocycles. The summed E-state index contributed by atoms with van der Waals surface area (Å²) in [6.07, 6.45) is 81.7. The Hall–Kier alpha value is -3.41. The Balaban J connectivity index is 4.32. The molecule has 0 heterocycles. The molecule has 0 spiro atoms. The van der Waals surface area contributed by atoms with Gasteiger partial charge < -0.3 is 14.2 Å². The fourth-order valence-corrected chi connectivity index (χ4v) is 8.95. The molecule has 0 saturated carbocycles. The number of esters is 3. The van der Waals surface area contributed by atoms with Crippen molar-refractivity contribution in [3.05, 3.63) is 85.1 Å². The third-order valence-electron chi connectivity index (χ3n) is 13.7. The first kappa shape index (κ1) is 70.6. The number of allylic oxidation sites excluding steroid dienone is 14. The van der Waals surface area contributed by atoms with E-state index in [0.717, 1.165) is 109 Å². The van der Waals surface area contributed by atoms with E-state index in [1.165, 1.54) is 161 Å². The molecule has 6 heteroatoms. The third-order valence-corrected chi connectivity index (χ3v) is 13.7. The van der Waals surface area contributed by atoms with Crippen LogP contribution in [0.2, 0.25) is 0 Å². The summed E-state index contributed by atoms with van der Waals surface area (Å²) in [7, 11) is 0. The number of carbonyl (C=O) groups excluding carboxylic acids is 3. The first-order chi connectivity index (χ1) is 36.5. The quantitative estimate of drug-likeness (QED) is 0.0261. The van der Waals surface area contributed by atoms with Crippen molar-refractivity contribution in [3.63, 3.8) is 0 Å². The lowest BCUT2D eigenvalue weighted by molar-refractivity contribution is -0.167. The predicted octanol–water partition coefficient (Wildman–Crippen LogP) is 21.5. The Labute approximate surface area is 458 Å². The van der Waals surface area contributed by atoms with Gasteiger partial charge in [0.1, 0.15) is 13.2 Å². The molecular weight excluding hydrogens is 913 g/mol. The van der Waals surface area contributed by atoms with Crippen LogP contribution in [0.25, 0.3) is 0 Å². The molecule has 0 rings (SSSR count). The van der Waals surface area contributed by atoms with E-state index in [2.05, 4.69) is 106 Å². The Bertz CT molecular complexity index is 1420. The van der Waals surface area contributed by atoms with Crippen molar-refractivity contribution in [2.24, 2.45) is 0 Å². The van der Waals surface area contributed by atoms with Crippen LogP contribution in [0.5, 0.6) is 0 Å². The summed E-state index contributed by atoms with van der Waals surface area (Å²) in [4.78, 5) is 38.2. The van der Waals surface area contributed by atoms with Crippen LogP contribution in [0.3, 0.4) is 0 Å². The molecule has 426 valence electrons. The van der Waals surface area contributed by atoms with Gasteiger partial charge in [-0.1, -0.05) is 298 Å². The molecule has 0 bridgehead atoms. The summed E-state index contributed by atoms with van der Waals surface area (Å²) in [6, 6.07) is 0. The van der Waals surface area contributed by atoms with Crippen molar-refractivity contribution in [2.75, 3.05) is 13.2 Å². The molecule has 1 unspecified atom stereocenters. The van der Waals surface area contributed by atoms with Gasteiger partial charge in [-0.2, -0.15) is 0 Å². The Kier molecular flexibility index (Phi) is 59.3. The largest absolute Gasteiger partial charge is 0.462 e. The Morgan fingerprint density at radius 1 is 0.284 bits per heavy atom. The minimum atomic E-state index is -0.788. The predicted molar refractivity (Wildman–Crippen MR) is 321 cm³/mol.